The van der Waals surface area contributed by atoms with Crippen molar-refractivity contribution < 1.29 is 4.74 Å². The maximum atomic E-state index is 5.32. The van der Waals surface area contributed by atoms with Gasteiger partial charge in [0.1, 0.15) is 0 Å². The number of rotatable bonds is 7. The third kappa shape index (κ3) is 7.50. The van der Waals surface area contributed by atoms with Crippen LogP contribution in [0.2, 0.25) is 0 Å². The van der Waals surface area contributed by atoms with E-state index < -0.39 is 0 Å². The minimum Gasteiger partial charge on any atom is -0.502 e. The van der Waals surface area contributed by atoms with E-state index in [1.807, 2.05) is 0 Å². The highest BCUT2D eigenvalue weighted by Gasteiger charge is 1.86. The van der Waals surface area contributed by atoms with Crippen molar-refractivity contribution >= 4 is 0 Å². The number of unbranched alkanes of at least 4 members (excludes halogenated alkanes) is 3. The molecule has 0 saturated heterocycles. The number of ether oxygens (including phenoxy) is 1. The Morgan fingerprint density at radius 2 is 1.90 bits per heavy atom. The first-order chi connectivity index (χ1) is 4.91. The molecule has 0 spiro atoms. The van der Waals surface area contributed by atoms with Crippen LogP contribution in [0.5, 0.6) is 0 Å². The quantitative estimate of drug-likeness (QED) is 0.434. The lowest BCUT2D eigenvalue weighted by molar-refractivity contribution is 0.242. The predicted molar refractivity (Wildman–Crippen MR) is 43.7 cm³/mol. The van der Waals surface area contributed by atoms with Gasteiger partial charge in [-0.2, -0.15) is 0 Å². The summed E-state index contributed by atoms with van der Waals surface area (Å²) in [7, 11) is 0. The highest BCUT2D eigenvalue weighted by Crippen LogP contribution is 1.98. The topological polar surface area (TPSA) is 35.2 Å². The Morgan fingerprint density at radius 1 is 1.20 bits per heavy atom. The van der Waals surface area contributed by atoms with Crippen LogP contribution >= 0.6 is 0 Å². The molecule has 0 rings (SSSR count). The summed E-state index contributed by atoms with van der Waals surface area (Å²) in [5.74, 6) is 0. The molecule has 0 heterocycles. The average Bonchev–Trinajstić information content (AvgIpc) is 1.97. The molecule has 0 aromatic heterocycles. The Labute approximate surface area is 63.1 Å². The van der Waals surface area contributed by atoms with Gasteiger partial charge in [0, 0.05) is 0 Å². The van der Waals surface area contributed by atoms with Crippen LogP contribution < -0.4 is 5.73 Å². The van der Waals surface area contributed by atoms with Gasteiger partial charge in [-0.3, -0.25) is 0 Å². The van der Waals surface area contributed by atoms with Crippen LogP contribution in [0.25, 0.3) is 0 Å². The third-order valence-corrected chi connectivity index (χ3v) is 1.33. The zero-order chi connectivity index (χ0) is 7.66. The summed E-state index contributed by atoms with van der Waals surface area (Å²) in [6.45, 7) is 5.06. The second-order valence-corrected chi connectivity index (χ2v) is 2.24. The Kier molecular flexibility index (Phi) is 8.07. The van der Waals surface area contributed by atoms with Crippen LogP contribution in [-0.4, -0.2) is 13.2 Å². The van der Waals surface area contributed by atoms with E-state index in [1.165, 1.54) is 19.1 Å². The predicted octanol–water partition coefficient (Wildman–Crippen LogP) is 1.67. The first-order valence-corrected chi connectivity index (χ1v) is 3.84. The van der Waals surface area contributed by atoms with Gasteiger partial charge in [-0.05, 0) is 19.4 Å². The first-order valence-electron chi connectivity index (χ1n) is 3.84. The van der Waals surface area contributed by atoms with Crippen LogP contribution in [0, 0.1) is 0 Å². The molecule has 0 bridgehead atoms. The molecule has 2 N–H and O–H groups in total. The standard InChI is InChI=1S/C8H17NO/c1-2-10-8-6-4-3-5-7-9/h2H,1,3-9H2. The maximum Gasteiger partial charge on any atom is 0.0873 e. The SMILES string of the molecule is C=COCCCCCCN. The Balaban J connectivity index is 2.70. The lowest BCUT2D eigenvalue weighted by atomic mass is 10.2. The van der Waals surface area contributed by atoms with Gasteiger partial charge in [0.15, 0.2) is 0 Å². The molecule has 0 unspecified atom stereocenters. The maximum absolute atomic E-state index is 5.32. The molecular formula is C8H17NO. The van der Waals surface area contributed by atoms with Gasteiger partial charge in [-0.25, -0.2) is 0 Å². The molecular weight excluding hydrogens is 126 g/mol. The summed E-state index contributed by atoms with van der Waals surface area (Å²) in [4.78, 5) is 0. The van der Waals surface area contributed by atoms with E-state index in [4.69, 9.17) is 10.5 Å². The van der Waals surface area contributed by atoms with E-state index in [1.54, 1.807) is 0 Å². The van der Waals surface area contributed by atoms with Crippen molar-refractivity contribution in [3.8, 4) is 0 Å². The Hall–Kier alpha value is -0.500. The van der Waals surface area contributed by atoms with Crippen molar-refractivity contribution in [1.82, 2.24) is 0 Å². The average molecular weight is 143 g/mol. The van der Waals surface area contributed by atoms with Crippen molar-refractivity contribution in [2.24, 2.45) is 5.73 Å². The first kappa shape index (κ1) is 9.50. The smallest absolute Gasteiger partial charge is 0.0873 e. The van der Waals surface area contributed by atoms with Gasteiger partial charge in [-0.15, -0.1) is 0 Å². The summed E-state index contributed by atoms with van der Waals surface area (Å²) in [5.41, 5.74) is 5.32. The molecule has 2 nitrogen and oxygen atoms in total. The minimum absolute atomic E-state index is 0.800. The monoisotopic (exact) mass is 143 g/mol. The van der Waals surface area contributed by atoms with E-state index >= 15 is 0 Å². The molecule has 0 amide bonds. The summed E-state index contributed by atoms with van der Waals surface area (Å²) < 4.78 is 4.95. The summed E-state index contributed by atoms with van der Waals surface area (Å²) in [5, 5.41) is 0. The molecule has 0 aliphatic heterocycles. The molecule has 0 fully saturated rings. The summed E-state index contributed by atoms with van der Waals surface area (Å²) in [6.07, 6.45) is 6.17. The molecule has 60 valence electrons. The highest BCUT2D eigenvalue weighted by molar-refractivity contribution is 4.49. The summed E-state index contributed by atoms with van der Waals surface area (Å²) >= 11 is 0. The zero-order valence-corrected chi connectivity index (χ0v) is 6.51. The molecule has 0 saturated carbocycles. The normalized spacial score (nSPS) is 9.30. The van der Waals surface area contributed by atoms with E-state index in [0.29, 0.717) is 0 Å². The molecule has 2 heteroatoms. The highest BCUT2D eigenvalue weighted by atomic mass is 16.5. The second kappa shape index (κ2) is 8.50. The van der Waals surface area contributed by atoms with Crippen molar-refractivity contribution in [2.75, 3.05) is 13.2 Å². The molecule has 0 aliphatic rings. The van der Waals surface area contributed by atoms with Crippen LogP contribution in [0.4, 0.5) is 0 Å². The lowest BCUT2D eigenvalue weighted by Crippen LogP contribution is -1.98. The second-order valence-electron chi connectivity index (χ2n) is 2.24. The number of hydrogen-bond acceptors (Lipinski definition) is 2. The number of hydrogen-bond donors (Lipinski definition) is 1. The van der Waals surface area contributed by atoms with E-state index in [-0.39, 0.29) is 0 Å². The molecule has 0 aliphatic carbocycles. The lowest BCUT2D eigenvalue weighted by Gasteiger charge is -1.99. The van der Waals surface area contributed by atoms with E-state index in [0.717, 1.165) is 26.0 Å². The molecule has 0 atom stereocenters. The molecule has 0 radical (unpaired) electrons. The van der Waals surface area contributed by atoms with Crippen molar-refractivity contribution in [3.63, 3.8) is 0 Å². The van der Waals surface area contributed by atoms with Gasteiger partial charge in [0.05, 0.1) is 12.9 Å². The van der Waals surface area contributed by atoms with Gasteiger partial charge < -0.3 is 10.5 Å². The minimum atomic E-state index is 0.800. The van der Waals surface area contributed by atoms with Crippen molar-refractivity contribution in [1.29, 1.82) is 0 Å². The Morgan fingerprint density at radius 3 is 2.50 bits per heavy atom. The van der Waals surface area contributed by atoms with Crippen molar-refractivity contribution in [3.05, 3.63) is 12.8 Å². The van der Waals surface area contributed by atoms with Gasteiger partial charge in [0.25, 0.3) is 0 Å². The molecule has 0 aromatic rings. The van der Waals surface area contributed by atoms with E-state index in [2.05, 4.69) is 6.58 Å². The number of nitrogens with two attached hydrogens (primary N) is 1. The Bertz CT molecular complexity index is 73.7. The fourth-order valence-electron chi connectivity index (χ4n) is 0.767. The van der Waals surface area contributed by atoms with Crippen LogP contribution in [0.15, 0.2) is 12.8 Å². The third-order valence-electron chi connectivity index (χ3n) is 1.33. The van der Waals surface area contributed by atoms with Crippen molar-refractivity contribution in [2.45, 2.75) is 25.7 Å². The fraction of sp³-hybridized carbons (Fsp3) is 0.750. The zero-order valence-electron chi connectivity index (χ0n) is 6.51. The van der Waals surface area contributed by atoms with Crippen LogP contribution in [-0.2, 0) is 4.74 Å². The van der Waals surface area contributed by atoms with Gasteiger partial charge >= 0.3 is 0 Å². The molecule has 0 aromatic carbocycles. The van der Waals surface area contributed by atoms with Crippen LogP contribution in [0.3, 0.4) is 0 Å². The largest absolute Gasteiger partial charge is 0.502 e. The summed E-state index contributed by atoms with van der Waals surface area (Å²) in [6, 6.07) is 0. The van der Waals surface area contributed by atoms with Crippen LogP contribution in [0.1, 0.15) is 25.7 Å². The van der Waals surface area contributed by atoms with E-state index in [9.17, 15) is 0 Å². The van der Waals surface area contributed by atoms with Gasteiger partial charge in [-0.1, -0.05) is 19.4 Å². The molecule has 10 heavy (non-hydrogen) atoms. The fourth-order valence-corrected chi connectivity index (χ4v) is 0.767. The van der Waals surface area contributed by atoms with Gasteiger partial charge in [0.2, 0.25) is 0 Å².